The highest BCUT2D eigenvalue weighted by atomic mass is 79.9. The van der Waals surface area contributed by atoms with Crippen LogP contribution in [0.15, 0.2) is 21.5 Å². The maximum absolute atomic E-state index is 11.8. The van der Waals surface area contributed by atoms with Crippen molar-refractivity contribution in [1.29, 1.82) is 0 Å². The Kier molecular flexibility index (Phi) is 6.07. The first-order valence-electron chi connectivity index (χ1n) is 5.90. The van der Waals surface area contributed by atoms with Crippen LogP contribution in [0.2, 0.25) is 0 Å². The second-order valence-electron chi connectivity index (χ2n) is 4.22. The average Bonchev–Trinajstić information content (AvgIpc) is 2.34. The van der Waals surface area contributed by atoms with E-state index in [1.54, 1.807) is 17.7 Å². The van der Waals surface area contributed by atoms with Crippen molar-refractivity contribution in [1.82, 2.24) is 9.99 Å². The van der Waals surface area contributed by atoms with Gasteiger partial charge in [0.15, 0.2) is 0 Å². The quantitative estimate of drug-likeness (QED) is 0.361. The molecule has 0 radical (unpaired) electrons. The van der Waals surface area contributed by atoms with Gasteiger partial charge in [-0.1, -0.05) is 6.42 Å². The molecule has 1 aromatic rings. The topological polar surface area (TPSA) is 77.1 Å². The number of aromatic nitrogens is 1. The zero-order valence-electron chi connectivity index (χ0n) is 10.4. The molecule has 0 saturated heterocycles. The highest BCUT2D eigenvalue weighted by molar-refractivity contribution is 9.10. The molecule has 0 aliphatic heterocycles. The van der Waals surface area contributed by atoms with Gasteiger partial charge in [0.1, 0.15) is 0 Å². The number of hydrogen-bond acceptors (Lipinski definition) is 3. The SMILES string of the molecule is Cc1cc(Br)cn(CCCCCC(=O)NN)c1=O. The normalized spacial score (nSPS) is 10.4. The van der Waals surface area contributed by atoms with E-state index in [1.807, 2.05) is 6.07 Å². The van der Waals surface area contributed by atoms with Crippen LogP contribution < -0.4 is 16.8 Å². The fourth-order valence-corrected chi connectivity index (χ4v) is 2.31. The molecule has 100 valence electrons. The zero-order valence-corrected chi connectivity index (χ0v) is 12.0. The summed E-state index contributed by atoms with van der Waals surface area (Å²) in [5.74, 6) is 4.83. The molecule has 5 nitrogen and oxygen atoms in total. The van der Waals surface area contributed by atoms with Gasteiger partial charge >= 0.3 is 0 Å². The molecule has 0 unspecified atom stereocenters. The van der Waals surface area contributed by atoms with Gasteiger partial charge in [0.2, 0.25) is 5.91 Å². The number of carbonyl (C=O) groups is 1. The molecule has 1 rings (SSSR count). The van der Waals surface area contributed by atoms with Gasteiger partial charge in [-0.3, -0.25) is 15.0 Å². The van der Waals surface area contributed by atoms with Gasteiger partial charge in [-0.2, -0.15) is 0 Å². The first-order chi connectivity index (χ1) is 8.54. The van der Waals surface area contributed by atoms with Crippen LogP contribution in [-0.4, -0.2) is 10.5 Å². The van der Waals surface area contributed by atoms with Crippen LogP contribution in [0.4, 0.5) is 0 Å². The van der Waals surface area contributed by atoms with E-state index < -0.39 is 0 Å². The summed E-state index contributed by atoms with van der Waals surface area (Å²) < 4.78 is 2.60. The molecule has 0 atom stereocenters. The molecule has 0 spiro atoms. The predicted molar refractivity (Wildman–Crippen MR) is 73.9 cm³/mol. The smallest absolute Gasteiger partial charge is 0.253 e. The highest BCUT2D eigenvalue weighted by Gasteiger charge is 2.02. The molecule has 0 bridgehead atoms. The minimum Gasteiger partial charge on any atom is -0.314 e. The van der Waals surface area contributed by atoms with E-state index in [0.717, 1.165) is 29.3 Å². The number of aryl methyl sites for hydroxylation is 2. The summed E-state index contributed by atoms with van der Waals surface area (Å²) in [5, 5.41) is 0. The van der Waals surface area contributed by atoms with E-state index in [4.69, 9.17) is 5.84 Å². The number of rotatable bonds is 6. The van der Waals surface area contributed by atoms with Crippen LogP contribution in [0.5, 0.6) is 0 Å². The van der Waals surface area contributed by atoms with Crippen molar-refractivity contribution in [2.45, 2.75) is 39.2 Å². The molecule has 0 aliphatic carbocycles. The maximum atomic E-state index is 11.8. The monoisotopic (exact) mass is 315 g/mol. The van der Waals surface area contributed by atoms with E-state index in [1.165, 1.54) is 0 Å². The second kappa shape index (κ2) is 7.33. The third-order valence-electron chi connectivity index (χ3n) is 2.70. The largest absolute Gasteiger partial charge is 0.314 e. The van der Waals surface area contributed by atoms with Crippen molar-refractivity contribution in [2.24, 2.45) is 5.84 Å². The minimum atomic E-state index is -0.148. The molecule has 1 heterocycles. The predicted octanol–water partition coefficient (Wildman–Crippen LogP) is 1.47. The van der Waals surface area contributed by atoms with Gasteiger partial charge in [-0.05, 0) is 41.8 Å². The minimum absolute atomic E-state index is 0.0397. The number of halogens is 1. The van der Waals surface area contributed by atoms with E-state index in [-0.39, 0.29) is 11.5 Å². The van der Waals surface area contributed by atoms with Gasteiger partial charge in [0, 0.05) is 29.2 Å². The number of carbonyl (C=O) groups excluding carboxylic acids is 1. The maximum Gasteiger partial charge on any atom is 0.253 e. The lowest BCUT2D eigenvalue weighted by atomic mass is 10.2. The molecule has 0 saturated carbocycles. The summed E-state index contributed by atoms with van der Waals surface area (Å²) in [6.45, 7) is 2.47. The van der Waals surface area contributed by atoms with Gasteiger partial charge in [-0.15, -0.1) is 0 Å². The van der Waals surface area contributed by atoms with Crippen LogP contribution in [0.25, 0.3) is 0 Å². The molecule has 0 aromatic carbocycles. The molecule has 18 heavy (non-hydrogen) atoms. The summed E-state index contributed by atoms with van der Waals surface area (Å²) in [6.07, 6.45) is 4.77. The van der Waals surface area contributed by atoms with Crippen LogP contribution in [0, 0.1) is 6.92 Å². The van der Waals surface area contributed by atoms with Gasteiger partial charge in [-0.25, -0.2) is 5.84 Å². The van der Waals surface area contributed by atoms with Crippen molar-refractivity contribution in [2.75, 3.05) is 0 Å². The first kappa shape index (κ1) is 14.9. The molecule has 1 aromatic heterocycles. The summed E-state index contributed by atoms with van der Waals surface area (Å²) in [7, 11) is 0. The van der Waals surface area contributed by atoms with Crippen LogP contribution in [0.1, 0.15) is 31.2 Å². The van der Waals surface area contributed by atoms with Crippen molar-refractivity contribution in [3.63, 3.8) is 0 Å². The second-order valence-corrected chi connectivity index (χ2v) is 5.13. The zero-order chi connectivity index (χ0) is 13.5. The Morgan fingerprint density at radius 3 is 2.83 bits per heavy atom. The number of hydrazine groups is 1. The van der Waals surface area contributed by atoms with E-state index in [2.05, 4.69) is 21.4 Å². The van der Waals surface area contributed by atoms with E-state index >= 15 is 0 Å². The van der Waals surface area contributed by atoms with Gasteiger partial charge in [0.25, 0.3) is 5.56 Å². The average molecular weight is 316 g/mol. The Balaban J connectivity index is 2.40. The molecular weight excluding hydrogens is 298 g/mol. The number of nitrogens with one attached hydrogen (secondary N) is 1. The number of nitrogens with two attached hydrogens (primary N) is 1. The Bertz CT molecular complexity index is 471. The molecule has 0 fully saturated rings. The summed E-state index contributed by atoms with van der Waals surface area (Å²) in [6, 6.07) is 1.81. The van der Waals surface area contributed by atoms with Gasteiger partial charge < -0.3 is 4.57 Å². The third kappa shape index (κ3) is 4.62. The number of nitrogens with zero attached hydrogens (tertiary/aromatic N) is 1. The van der Waals surface area contributed by atoms with E-state index in [0.29, 0.717) is 13.0 Å². The third-order valence-corrected chi connectivity index (χ3v) is 3.13. The number of amides is 1. The number of pyridine rings is 1. The lowest BCUT2D eigenvalue weighted by Crippen LogP contribution is -2.29. The first-order valence-corrected chi connectivity index (χ1v) is 6.70. The van der Waals surface area contributed by atoms with Gasteiger partial charge in [0.05, 0.1) is 0 Å². The number of hydrogen-bond donors (Lipinski definition) is 2. The lowest BCUT2D eigenvalue weighted by Gasteiger charge is -2.07. The fraction of sp³-hybridized carbons (Fsp3) is 0.500. The van der Waals surface area contributed by atoms with Crippen molar-refractivity contribution in [3.05, 3.63) is 32.7 Å². The molecule has 3 N–H and O–H groups in total. The standard InChI is InChI=1S/C12H18BrN3O2/c1-9-7-10(13)8-16(12(9)18)6-4-2-3-5-11(17)15-14/h7-8H,2-6,14H2,1H3,(H,15,17). The number of unbranched alkanes of at least 4 members (excludes halogenated alkanes) is 2. The Morgan fingerprint density at radius 2 is 2.17 bits per heavy atom. The van der Waals surface area contributed by atoms with Crippen molar-refractivity contribution < 1.29 is 4.79 Å². The van der Waals surface area contributed by atoms with Crippen molar-refractivity contribution in [3.8, 4) is 0 Å². The Morgan fingerprint density at radius 1 is 1.44 bits per heavy atom. The highest BCUT2D eigenvalue weighted by Crippen LogP contribution is 2.09. The fourth-order valence-electron chi connectivity index (χ4n) is 1.72. The Hall–Kier alpha value is -1.14. The van der Waals surface area contributed by atoms with Crippen LogP contribution in [0.3, 0.4) is 0 Å². The van der Waals surface area contributed by atoms with Crippen molar-refractivity contribution >= 4 is 21.8 Å². The summed E-state index contributed by atoms with van der Waals surface area (Å²) in [4.78, 5) is 22.7. The lowest BCUT2D eigenvalue weighted by molar-refractivity contribution is -0.121. The molecule has 1 amide bonds. The summed E-state index contributed by atoms with van der Waals surface area (Å²) in [5.41, 5.74) is 2.87. The molecule has 6 heteroatoms. The molecule has 0 aliphatic rings. The van der Waals surface area contributed by atoms with Crippen LogP contribution in [-0.2, 0) is 11.3 Å². The molecular formula is C12H18BrN3O2. The Labute approximate surface area is 114 Å². The summed E-state index contributed by atoms with van der Waals surface area (Å²) >= 11 is 3.37. The van der Waals surface area contributed by atoms with Crippen LogP contribution >= 0.6 is 15.9 Å². The van der Waals surface area contributed by atoms with E-state index in [9.17, 15) is 9.59 Å².